The summed E-state index contributed by atoms with van der Waals surface area (Å²) in [6.07, 6.45) is 4.03. The molecule has 3 aromatic carbocycles. The van der Waals surface area contributed by atoms with E-state index in [-0.39, 0.29) is 29.7 Å². The van der Waals surface area contributed by atoms with Crippen LogP contribution in [0.2, 0.25) is 0 Å². The van der Waals surface area contributed by atoms with E-state index in [0.717, 1.165) is 43.7 Å². The largest absolute Gasteiger partial charge is 0.508 e. The molecular weight excluding hydrogens is 632 g/mol. The lowest BCUT2D eigenvalue weighted by Crippen LogP contribution is -2.69. The minimum atomic E-state index is -2.65. The molecule has 0 aliphatic heterocycles. The topological polar surface area (TPSA) is 141 Å². The number of phenolic OH excluding ortho intramolecular Hbond substituents is 1. The zero-order valence-electron chi connectivity index (χ0n) is 29.6. The summed E-state index contributed by atoms with van der Waals surface area (Å²) < 4.78 is 5.81. The van der Waals surface area contributed by atoms with E-state index < -0.39 is 62.7 Å². The van der Waals surface area contributed by atoms with Crippen molar-refractivity contribution in [3.63, 3.8) is 0 Å². The fraction of sp³-hybridized carbons (Fsp3) is 0.405. The Balaban J connectivity index is 1.46. The van der Waals surface area contributed by atoms with Crippen LogP contribution in [0.5, 0.6) is 11.5 Å². The Hall–Kier alpha value is -4.69. The van der Waals surface area contributed by atoms with Gasteiger partial charge in [-0.3, -0.25) is 14.4 Å². The van der Waals surface area contributed by atoms with E-state index in [1.807, 2.05) is 37.3 Å². The van der Waals surface area contributed by atoms with Crippen molar-refractivity contribution in [1.29, 1.82) is 0 Å². The van der Waals surface area contributed by atoms with E-state index in [1.54, 1.807) is 33.9 Å². The molecular formula is C42H46O8. The standard InChI is InChI=1S/C42H46O8/c1-23(2)34-36(45)32(24(3)43)38(47)42(49)39(48)35-37(46)33-29(21-40(35,4)22-41(34,42)5)27(17-18-30(33)44)28-20-26(16-19-31(28)50-6)15-11-10-14-25-12-8-7-9-13-25/h7-9,12-13,16-20,23,34,44,46-47,49H,10-11,14-15,21-22H2,1-6H3/t34?,40-,41-,42+/m1/s1. The first-order valence-corrected chi connectivity index (χ1v) is 17.4. The zero-order chi connectivity index (χ0) is 36.3. The van der Waals surface area contributed by atoms with Crippen LogP contribution in [-0.4, -0.2) is 50.5 Å². The number of unbranched alkanes of at least 4 members (excludes halogenated alkanes) is 1. The van der Waals surface area contributed by atoms with Crippen LogP contribution in [0.1, 0.15) is 76.1 Å². The number of hydrogen-bond acceptors (Lipinski definition) is 8. The van der Waals surface area contributed by atoms with Crippen molar-refractivity contribution in [2.45, 2.75) is 78.7 Å². The Labute approximate surface area is 293 Å². The summed E-state index contributed by atoms with van der Waals surface area (Å²) in [5.74, 6) is -4.83. The normalized spacial score (nSPS) is 26.1. The number of benzene rings is 3. The summed E-state index contributed by atoms with van der Waals surface area (Å²) in [6.45, 7) is 8.12. The molecule has 1 saturated carbocycles. The van der Waals surface area contributed by atoms with Crippen LogP contribution < -0.4 is 4.74 Å². The molecule has 8 heteroatoms. The van der Waals surface area contributed by atoms with Gasteiger partial charge in [0.15, 0.2) is 17.2 Å². The number of Topliss-reactive ketones (excluding diaryl/α,β-unsaturated/α-hetero) is 3. The van der Waals surface area contributed by atoms with Gasteiger partial charge in [-0.05, 0) is 91.8 Å². The molecule has 3 aromatic rings. The summed E-state index contributed by atoms with van der Waals surface area (Å²) in [5, 5.41) is 46.9. The van der Waals surface area contributed by atoms with Crippen LogP contribution in [0.25, 0.3) is 16.9 Å². The number of aliphatic hydroxyl groups is 3. The first kappa shape index (κ1) is 35.1. The zero-order valence-corrected chi connectivity index (χ0v) is 29.6. The molecule has 0 aromatic heterocycles. The fourth-order valence-corrected chi connectivity index (χ4v) is 9.39. The van der Waals surface area contributed by atoms with E-state index in [9.17, 15) is 34.8 Å². The summed E-state index contributed by atoms with van der Waals surface area (Å²) in [4.78, 5) is 41.1. The molecule has 4 N–H and O–H groups in total. The highest BCUT2D eigenvalue weighted by Crippen LogP contribution is 2.65. The number of carbonyl (C=O) groups is 3. The van der Waals surface area contributed by atoms with Crippen molar-refractivity contribution in [3.8, 4) is 22.6 Å². The number of allylic oxidation sites excluding steroid dienone is 1. The van der Waals surface area contributed by atoms with E-state index in [4.69, 9.17) is 4.74 Å². The molecule has 6 rings (SSSR count). The molecule has 262 valence electrons. The van der Waals surface area contributed by atoms with Crippen molar-refractivity contribution >= 4 is 23.1 Å². The van der Waals surface area contributed by atoms with E-state index >= 15 is 0 Å². The highest BCUT2D eigenvalue weighted by Gasteiger charge is 2.72. The van der Waals surface area contributed by atoms with E-state index in [1.165, 1.54) is 11.6 Å². The molecule has 1 fully saturated rings. The fourth-order valence-electron chi connectivity index (χ4n) is 9.39. The Morgan fingerprint density at radius 1 is 0.920 bits per heavy atom. The summed E-state index contributed by atoms with van der Waals surface area (Å²) in [7, 11) is 1.59. The Morgan fingerprint density at radius 2 is 1.58 bits per heavy atom. The van der Waals surface area contributed by atoms with Gasteiger partial charge in [-0.2, -0.15) is 0 Å². The van der Waals surface area contributed by atoms with Crippen LogP contribution in [0, 0.1) is 22.7 Å². The van der Waals surface area contributed by atoms with Gasteiger partial charge < -0.3 is 25.2 Å². The lowest BCUT2D eigenvalue weighted by Gasteiger charge is -2.59. The molecule has 1 unspecified atom stereocenters. The summed E-state index contributed by atoms with van der Waals surface area (Å²) >= 11 is 0. The molecule has 3 aliphatic carbocycles. The lowest BCUT2D eigenvalue weighted by atomic mass is 9.43. The van der Waals surface area contributed by atoms with Crippen molar-refractivity contribution in [1.82, 2.24) is 0 Å². The molecule has 0 spiro atoms. The average Bonchev–Trinajstić information content (AvgIpc) is 3.05. The van der Waals surface area contributed by atoms with E-state index in [2.05, 4.69) is 18.2 Å². The smallest absolute Gasteiger partial charge is 0.203 e. The third-order valence-corrected chi connectivity index (χ3v) is 11.5. The number of aliphatic hydroxyl groups excluding tert-OH is 2. The SMILES string of the molecule is COc1ccc(CCCCc2ccccc2)cc1-c1ccc(O)c2c1C[C@]1(C)C[C@]3(C)C(C(C)C)C(=O)C(C(C)=O)=C(O)[C@]3(O)C(=O)C1=C2O. The number of ether oxygens (including phenoxy) is 1. The van der Waals surface area contributed by atoms with Gasteiger partial charge in [0.2, 0.25) is 5.78 Å². The second-order valence-corrected chi connectivity index (χ2v) is 15.2. The molecule has 3 aliphatic rings. The predicted molar refractivity (Wildman–Crippen MR) is 191 cm³/mol. The summed E-state index contributed by atoms with van der Waals surface area (Å²) in [6, 6.07) is 19.6. The lowest BCUT2D eigenvalue weighted by molar-refractivity contribution is -0.178. The number of hydrogen-bond donors (Lipinski definition) is 4. The van der Waals surface area contributed by atoms with Crippen molar-refractivity contribution in [3.05, 3.63) is 99.8 Å². The maximum atomic E-state index is 14.6. The molecule has 50 heavy (non-hydrogen) atoms. The first-order chi connectivity index (χ1) is 23.6. The van der Waals surface area contributed by atoms with Gasteiger partial charge in [0.25, 0.3) is 0 Å². The van der Waals surface area contributed by atoms with Crippen molar-refractivity contribution < 1.29 is 39.5 Å². The second-order valence-electron chi connectivity index (χ2n) is 15.2. The molecule has 0 amide bonds. The first-order valence-electron chi connectivity index (χ1n) is 17.4. The highest BCUT2D eigenvalue weighted by molar-refractivity contribution is 6.24. The van der Waals surface area contributed by atoms with Crippen LogP contribution in [0.15, 0.2) is 77.6 Å². The Kier molecular flexibility index (Phi) is 8.84. The maximum Gasteiger partial charge on any atom is 0.203 e. The van der Waals surface area contributed by atoms with Crippen LogP contribution in [0.3, 0.4) is 0 Å². The second kappa shape index (κ2) is 12.6. The highest BCUT2D eigenvalue weighted by atomic mass is 16.5. The van der Waals surface area contributed by atoms with Gasteiger partial charge in [-0.25, -0.2) is 0 Å². The monoisotopic (exact) mass is 678 g/mol. The molecule has 8 nitrogen and oxygen atoms in total. The molecule has 0 saturated heterocycles. The molecule has 0 heterocycles. The number of ketones is 3. The molecule has 0 bridgehead atoms. The Morgan fingerprint density at radius 3 is 2.20 bits per heavy atom. The van der Waals surface area contributed by atoms with Gasteiger partial charge in [-0.1, -0.05) is 70.2 Å². The van der Waals surface area contributed by atoms with Crippen LogP contribution in [-0.2, 0) is 33.6 Å². The number of phenols is 1. The predicted octanol–water partition coefficient (Wildman–Crippen LogP) is 7.43. The third-order valence-electron chi connectivity index (χ3n) is 11.5. The number of carbonyl (C=O) groups excluding carboxylic acids is 3. The average molecular weight is 679 g/mol. The van der Waals surface area contributed by atoms with Gasteiger partial charge in [0, 0.05) is 27.9 Å². The molecule has 4 atom stereocenters. The number of rotatable bonds is 9. The van der Waals surface area contributed by atoms with Gasteiger partial charge in [-0.15, -0.1) is 0 Å². The van der Waals surface area contributed by atoms with Crippen LogP contribution >= 0.6 is 0 Å². The van der Waals surface area contributed by atoms with Gasteiger partial charge >= 0.3 is 0 Å². The van der Waals surface area contributed by atoms with E-state index in [0.29, 0.717) is 16.9 Å². The maximum absolute atomic E-state index is 14.6. The number of aromatic hydroxyl groups is 1. The number of methoxy groups -OCH3 is 1. The van der Waals surface area contributed by atoms with Crippen molar-refractivity contribution in [2.75, 3.05) is 7.11 Å². The quantitative estimate of drug-likeness (QED) is 0.135. The minimum Gasteiger partial charge on any atom is -0.508 e. The number of aryl methyl sites for hydroxylation is 2. The van der Waals surface area contributed by atoms with Crippen LogP contribution in [0.4, 0.5) is 0 Å². The summed E-state index contributed by atoms with van der Waals surface area (Å²) in [5.41, 5.74) is -1.48. The van der Waals surface area contributed by atoms with Gasteiger partial charge in [0.1, 0.15) is 28.6 Å². The van der Waals surface area contributed by atoms with Gasteiger partial charge in [0.05, 0.1) is 12.7 Å². The molecule has 0 radical (unpaired) electrons. The minimum absolute atomic E-state index is 0.0264. The number of fused-ring (bicyclic) bond motifs is 3. The van der Waals surface area contributed by atoms with Crippen molar-refractivity contribution in [2.24, 2.45) is 22.7 Å². The third kappa shape index (κ3) is 5.18. The Bertz CT molecular complexity index is 1970.